The molecular weight excluding hydrogens is 176 g/mol. The molecule has 0 spiro atoms. The van der Waals surface area contributed by atoms with Crippen molar-refractivity contribution in [1.82, 2.24) is 10.2 Å². The van der Waals surface area contributed by atoms with E-state index in [0.717, 1.165) is 32.5 Å². The van der Waals surface area contributed by atoms with Gasteiger partial charge < -0.3 is 10.2 Å². The molecule has 82 valence electrons. The van der Waals surface area contributed by atoms with Crippen LogP contribution in [0.4, 0.5) is 0 Å². The SMILES string of the molecule is CCCC1CC(=O)N(CCCNC)C1. The lowest BCUT2D eigenvalue weighted by atomic mass is 10.0. The molecule has 1 atom stereocenters. The van der Waals surface area contributed by atoms with E-state index in [1.807, 2.05) is 11.9 Å². The first-order chi connectivity index (χ1) is 6.77. The highest BCUT2D eigenvalue weighted by Gasteiger charge is 2.27. The molecule has 1 saturated heterocycles. The van der Waals surface area contributed by atoms with E-state index in [4.69, 9.17) is 0 Å². The van der Waals surface area contributed by atoms with Crippen molar-refractivity contribution in [2.45, 2.75) is 32.6 Å². The molecule has 0 aromatic rings. The lowest BCUT2D eigenvalue weighted by molar-refractivity contribution is -0.127. The van der Waals surface area contributed by atoms with Crippen LogP contribution in [-0.2, 0) is 4.79 Å². The number of nitrogens with zero attached hydrogens (tertiary/aromatic N) is 1. The van der Waals surface area contributed by atoms with Crippen LogP contribution < -0.4 is 5.32 Å². The lowest BCUT2D eigenvalue weighted by Crippen LogP contribution is -2.28. The van der Waals surface area contributed by atoms with E-state index in [9.17, 15) is 4.79 Å². The Kier molecular flexibility index (Phi) is 4.94. The second kappa shape index (κ2) is 6.02. The Morgan fingerprint density at radius 2 is 2.36 bits per heavy atom. The first-order valence-electron chi connectivity index (χ1n) is 5.70. The highest BCUT2D eigenvalue weighted by Crippen LogP contribution is 2.21. The largest absolute Gasteiger partial charge is 0.342 e. The molecule has 1 heterocycles. The average Bonchev–Trinajstić information content (AvgIpc) is 2.48. The van der Waals surface area contributed by atoms with Crippen LogP contribution in [0, 0.1) is 5.92 Å². The molecule has 1 fully saturated rings. The molecule has 1 aliphatic heterocycles. The number of rotatable bonds is 6. The van der Waals surface area contributed by atoms with Crippen LogP contribution in [0.3, 0.4) is 0 Å². The zero-order valence-electron chi connectivity index (χ0n) is 9.38. The molecule has 1 rings (SSSR count). The van der Waals surface area contributed by atoms with Crippen molar-refractivity contribution in [2.75, 3.05) is 26.7 Å². The summed E-state index contributed by atoms with van der Waals surface area (Å²) < 4.78 is 0. The summed E-state index contributed by atoms with van der Waals surface area (Å²) in [4.78, 5) is 13.6. The molecule has 0 aliphatic carbocycles. The van der Waals surface area contributed by atoms with Gasteiger partial charge in [-0.15, -0.1) is 0 Å². The van der Waals surface area contributed by atoms with Crippen LogP contribution in [0.5, 0.6) is 0 Å². The van der Waals surface area contributed by atoms with Gasteiger partial charge in [0, 0.05) is 19.5 Å². The van der Waals surface area contributed by atoms with E-state index >= 15 is 0 Å². The van der Waals surface area contributed by atoms with Gasteiger partial charge in [-0.3, -0.25) is 4.79 Å². The van der Waals surface area contributed by atoms with Gasteiger partial charge >= 0.3 is 0 Å². The van der Waals surface area contributed by atoms with Gasteiger partial charge in [0.25, 0.3) is 0 Å². The van der Waals surface area contributed by atoms with E-state index in [2.05, 4.69) is 12.2 Å². The van der Waals surface area contributed by atoms with Gasteiger partial charge in [-0.1, -0.05) is 13.3 Å². The highest BCUT2D eigenvalue weighted by atomic mass is 16.2. The number of hydrogen-bond acceptors (Lipinski definition) is 2. The summed E-state index contributed by atoms with van der Waals surface area (Å²) in [5, 5.41) is 3.10. The van der Waals surface area contributed by atoms with Crippen molar-refractivity contribution in [2.24, 2.45) is 5.92 Å². The fourth-order valence-electron chi connectivity index (χ4n) is 2.12. The van der Waals surface area contributed by atoms with Gasteiger partial charge in [-0.05, 0) is 32.4 Å². The Balaban J connectivity index is 2.22. The maximum atomic E-state index is 11.6. The molecule has 0 aromatic carbocycles. The lowest BCUT2D eigenvalue weighted by Gasteiger charge is -2.16. The van der Waals surface area contributed by atoms with Crippen LogP contribution in [0.2, 0.25) is 0 Å². The van der Waals surface area contributed by atoms with Crippen molar-refractivity contribution in [3.05, 3.63) is 0 Å². The predicted octanol–water partition coefficient (Wildman–Crippen LogP) is 1.24. The summed E-state index contributed by atoms with van der Waals surface area (Å²) in [6.07, 6.45) is 4.26. The topological polar surface area (TPSA) is 32.3 Å². The number of hydrogen-bond donors (Lipinski definition) is 1. The van der Waals surface area contributed by atoms with Crippen molar-refractivity contribution in [3.8, 4) is 0 Å². The molecular formula is C11H22N2O. The molecule has 14 heavy (non-hydrogen) atoms. The quantitative estimate of drug-likeness (QED) is 0.651. The van der Waals surface area contributed by atoms with Crippen molar-refractivity contribution < 1.29 is 4.79 Å². The third-order valence-corrected chi connectivity index (χ3v) is 2.85. The highest BCUT2D eigenvalue weighted by molar-refractivity contribution is 5.78. The monoisotopic (exact) mass is 198 g/mol. The van der Waals surface area contributed by atoms with E-state index in [0.29, 0.717) is 11.8 Å². The van der Waals surface area contributed by atoms with E-state index in [-0.39, 0.29) is 0 Å². The normalized spacial score (nSPS) is 22.0. The molecule has 1 unspecified atom stereocenters. The van der Waals surface area contributed by atoms with Crippen molar-refractivity contribution in [3.63, 3.8) is 0 Å². The number of amides is 1. The number of likely N-dealkylation sites (tertiary alicyclic amines) is 1. The van der Waals surface area contributed by atoms with E-state index in [1.165, 1.54) is 12.8 Å². The predicted molar refractivity (Wildman–Crippen MR) is 58.1 cm³/mol. The maximum absolute atomic E-state index is 11.6. The molecule has 1 aliphatic rings. The van der Waals surface area contributed by atoms with Gasteiger partial charge in [0.05, 0.1) is 0 Å². The third kappa shape index (κ3) is 3.29. The minimum absolute atomic E-state index is 0.361. The Bertz CT molecular complexity index is 182. The third-order valence-electron chi connectivity index (χ3n) is 2.85. The Labute approximate surface area is 86.9 Å². The van der Waals surface area contributed by atoms with E-state index < -0.39 is 0 Å². The van der Waals surface area contributed by atoms with Crippen LogP contribution in [-0.4, -0.2) is 37.5 Å². The summed E-state index contributed by atoms with van der Waals surface area (Å²) in [7, 11) is 1.95. The first kappa shape index (κ1) is 11.5. The summed E-state index contributed by atoms with van der Waals surface area (Å²) in [5.41, 5.74) is 0. The van der Waals surface area contributed by atoms with Gasteiger partial charge in [0.2, 0.25) is 5.91 Å². The Hall–Kier alpha value is -0.570. The number of carbonyl (C=O) groups is 1. The van der Waals surface area contributed by atoms with Gasteiger partial charge in [0.15, 0.2) is 0 Å². The number of nitrogens with one attached hydrogen (secondary N) is 1. The van der Waals surface area contributed by atoms with E-state index in [1.54, 1.807) is 0 Å². The van der Waals surface area contributed by atoms with Crippen LogP contribution in [0.25, 0.3) is 0 Å². The van der Waals surface area contributed by atoms with Gasteiger partial charge in [-0.2, -0.15) is 0 Å². The van der Waals surface area contributed by atoms with Gasteiger partial charge in [-0.25, -0.2) is 0 Å². The number of carbonyl (C=O) groups excluding carboxylic acids is 1. The van der Waals surface area contributed by atoms with Crippen LogP contribution >= 0.6 is 0 Å². The molecule has 0 bridgehead atoms. The summed E-state index contributed by atoms with van der Waals surface area (Å²) >= 11 is 0. The van der Waals surface area contributed by atoms with Crippen LogP contribution in [0.15, 0.2) is 0 Å². The second-order valence-corrected chi connectivity index (χ2v) is 4.16. The minimum atomic E-state index is 0.361. The zero-order chi connectivity index (χ0) is 10.4. The minimum Gasteiger partial charge on any atom is -0.342 e. The van der Waals surface area contributed by atoms with Crippen molar-refractivity contribution in [1.29, 1.82) is 0 Å². The summed E-state index contributed by atoms with van der Waals surface area (Å²) in [6.45, 7) is 5.12. The Morgan fingerprint density at radius 3 is 3.00 bits per heavy atom. The first-order valence-corrected chi connectivity index (χ1v) is 5.70. The zero-order valence-corrected chi connectivity index (χ0v) is 9.38. The Morgan fingerprint density at radius 1 is 1.57 bits per heavy atom. The summed E-state index contributed by atoms with van der Waals surface area (Å²) in [5.74, 6) is 0.988. The maximum Gasteiger partial charge on any atom is 0.222 e. The second-order valence-electron chi connectivity index (χ2n) is 4.16. The molecule has 0 saturated carbocycles. The fourth-order valence-corrected chi connectivity index (χ4v) is 2.12. The smallest absolute Gasteiger partial charge is 0.222 e. The fraction of sp³-hybridized carbons (Fsp3) is 0.909. The van der Waals surface area contributed by atoms with Crippen molar-refractivity contribution >= 4 is 5.91 Å². The standard InChI is InChI=1S/C11H22N2O/c1-3-5-10-8-11(14)13(9-10)7-4-6-12-2/h10,12H,3-9H2,1-2H3. The molecule has 1 N–H and O–H groups in total. The molecule has 3 nitrogen and oxygen atoms in total. The van der Waals surface area contributed by atoms with Crippen LogP contribution in [0.1, 0.15) is 32.6 Å². The molecule has 0 aromatic heterocycles. The van der Waals surface area contributed by atoms with Gasteiger partial charge in [0.1, 0.15) is 0 Å². The molecule has 3 heteroatoms. The molecule has 1 amide bonds. The summed E-state index contributed by atoms with van der Waals surface area (Å²) in [6, 6.07) is 0. The molecule has 0 radical (unpaired) electrons. The average molecular weight is 198 g/mol.